The number of methoxy groups -OCH3 is 1. The van der Waals surface area contributed by atoms with Crippen LogP contribution < -0.4 is 15.8 Å². The number of hydrogen-bond donors (Lipinski definition) is 2. The number of amides is 1. The Labute approximate surface area is 117 Å². The maximum Gasteiger partial charge on any atom is 0.255 e. The first kappa shape index (κ1) is 13.9. The fraction of sp³-hybridized carbons (Fsp3) is 0.286. The van der Waals surface area contributed by atoms with Crippen molar-refractivity contribution >= 4 is 17.3 Å². The van der Waals surface area contributed by atoms with Crippen LogP contribution in [0.15, 0.2) is 30.6 Å². The molecule has 0 fully saturated rings. The molecule has 0 saturated carbocycles. The Morgan fingerprint density at radius 3 is 2.75 bits per heavy atom. The molecular weight excluding hydrogens is 256 g/mol. The maximum atomic E-state index is 12.1. The Balaban J connectivity index is 2.13. The first-order valence-electron chi connectivity index (χ1n) is 6.30. The van der Waals surface area contributed by atoms with Crippen LogP contribution >= 0.6 is 0 Å². The fourth-order valence-electron chi connectivity index (χ4n) is 1.76. The van der Waals surface area contributed by atoms with E-state index in [2.05, 4.69) is 10.4 Å². The van der Waals surface area contributed by atoms with E-state index >= 15 is 0 Å². The van der Waals surface area contributed by atoms with E-state index in [1.807, 2.05) is 13.8 Å². The minimum Gasteiger partial charge on any atom is -0.495 e. The van der Waals surface area contributed by atoms with Crippen LogP contribution in [0, 0.1) is 0 Å². The van der Waals surface area contributed by atoms with E-state index in [9.17, 15) is 4.79 Å². The molecule has 6 nitrogen and oxygen atoms in total. The van der Waals surface area contributed by atoms with E-state index in [-0.39, 0.29) is 11.9 Å². The number of nitrogens with one attached hydrogen (secondary N) is 1. The van der Waals surface area contributed by atoms with Gasteiger partial charge in [0.2, 0.25) is 0 Å². The molecule has 0 radical (unpaired) electrons. The molecule has 0 unspecified atom stereocenters. The van der Waals surface area contributed by atoms with Crippen molar-refractivity contribution in [1.29, 1.82) is 0 Å². The number of carbonyl (C=O) groups excluding carboxylic acids is 1. The SMILES string of the molecule is COc1ccc(C(=O)Nc2cnn(C(C)C)c2)cc1N. The summed E-state index contributed by atoms with van der Waals surface area (Å²) in [6.07, 6.45) is 3.40. The Morgan fingerprint density at radius 1 is 1.45 bits per heavy atom. The summed E-state index contributed by atoms with van der Waals surface area (Å²) in [4.78, 5) is 12.1. The number of nitrogens with zero attached hydrogens (tertiary/aromatic N) is 2. The van der Waals surface area contributed by atoms with Crippen LogP contribution in [-0.2, 0) is 0 Å². The van der Waals surface area contributed by atoms with Crippen LogP contribution in [0.2, 0.25) is 0 Å². The summed E-state index contributed by atoms with van der Waals surface area (Å²) < 4.78 is 6.83. The molecule has 0 spiro atoms. The lowest BCUT2D eigenvalue weighted by atomic mass is 10.1. The van der Waals surface area contributed by atoms with Gasteiger partial charge < -0.3 is 15.8 Å². The number of nitrogen functional groups attached to an aromatic ring is 1. The van der Waals surface area contributed by atoms with Gasteiger partial charge in [0.25, 0.3) is 5.91 Å². The van der Waals surface area contributed by atoms with E-state index in [4.69, 9.17) is 10.5 Å². The summed E-state index contributed by atoms with van der Waals surface area (Å²) in [5.74, 6) is 0.317. The van der Waals surface area contributed by atoms with Crippen LogP contribution in [0.4, 0.5) is 11.4 Å². The van der Waals surface area contributed by atoms with Gasteiger partial charge in [-0.3, -0.25) is 9.48 Å². The first-order valence-corrected chi connectivity index (χ1v) is 6.30. The summed E-state index contributed by atoms with van der Waals surface area (Å²) in [5.41, 5.74) is 7.34. The van der Waals surface area contributed by atoms with Gasteiger partial charge in [-0.05, 0) is 32.0 Å². The number of ether oxygens (including phenoxy) is 1. The molecule has 1 aromatic heterocycles. The molecule has 2 rings (SSSR count). The van der Waals surface area contributed by atoms with E-state index in [0.29, 0.717) is 22.7 Å². The Morgan fingerprint density at radius 2 is 2.20 bits per heavy atom. The summed E-state index contributed by atoms with van der Waals surface area (Å²) in [6, 6.07) is 5.16. The monoisotopic (exact) mass is 274 g/mol. The largest absolute Gasteiger partial charge is 0.495 e. The molecule has 0 aliphatic carbocycles. The van der Waals surface area contributed by atoms with E-state index in [1.165, 1.54) is 7.11 Å². The highest BCUT2D eigenvalue weighted by Gasteiger charge is 2.10. The Hall–Kier alpha value is -2.50. The van der Waals surface area contributed by atoms with Crippen LogP contribution in [0.3, 0.4) is 0 Å². The van der Waals surface area contributed by atoms with Gasteiger partial charge >= 0.3 is 0 Å². The van der Waals surface area contributed by atoms with Gasteiger partial charge in [-0.2, -0.15) is 5.10 Å². The van der Waals surface area contributed by atoms with Crippen molar-refractivity contribution in [1.82, 2.24) is 9.78 Å². The molecule has 1 heterocycles. The summed E-state index contributed by atoms with van der Waals surface area (Å²) >= 11 is 0. The lowest BCUT2D eigenvalue weighted by Crippen LogP contribution is -2.12. The molecule has 0 saturated heterocycles. The smallest absolute Gasteiger partial charge is 0.255 e. The molecule has 1 aromatic carbocycles. The molecule has 106 valence electrons. The molecular formula is C14H18N4O2. The molecule has 3 N–H and O–H groups in total. The minimum atomic E-state index is -0.234. The standard InChI is InChI=1S/C14H18N4O2/c1-9(2)18-8-11(7-16-18)17-14(19)10-4-5-13(20-3)12(15)6-10/h4-9H,15H2,1-3H3,(H,17,19). The molecule has 0 bridgehead atoms. The first-order chi connectivity index (χ1) is 9.51. The lowest BCUT2D eigenvalue weighted by Gasteiger charge is -2.07. The van der Waals surface area contributed by atoms with Crippen molar-refractivity contribution in [2.45, 2.75) is 19.9 Å². The average molecular weight is 274 g/mol. The molecule has 1 amide bonds. The van der Waals surface area contributed by atoms with Crippen molar-refractivity contribution < 1.29 is 9.53 Å². The molecule has 6 heteroatoms. The van der Waals surface area contributed by atoms with Crippen molar-refractivity contribution in [3.63, 3.8) is 0 Å². The van der Waals surface area contributed by atoms with Crippen LogP contribution in [0.5, 0.6) is 5.75 Å². The zero-order valence-electron chi connectivity index (χ0n) is 11.8. The third kappa shape index (κ3) is 2.90. The highest BCUT2D eigenvalue weighted by molar-refractivity contribution is 6.04. The van der Waals surface area contributed by atoms with E-state index < -0.39 is 0 Å². The molecule has 0 aliphatic heterocycles. The lowest BCUT2D eigenvalue weighted by molar-refractivity contribution is 0.102. The van der Waals surface area contributed by atoms with Gasteiger partial charge in [0.05, 0.1) is 24.7 Å². The topological polar surface area (TPSA) is 82.2 Å². The van der Waals surface area contributed by atoms with Crippen LogP contribution in [-0.4, -0.2) is 22.8 Å². The van der Waals surface area contributed by atoms with Crippen LogP contribution in [0.1, 0.15) is 30.2 Å². The zero-order chi connectivity index (χ0) is 14.7. The van der Waals surface area contributed by atoms with Crippen molar-refractivity contribution in [2.75, 3.05) is 18.2 Å². The summed E-state index contributed by atoms with van der Waals surface area (Å²) in [7, 11) is 1.53. The van der Waals surface area contributed by atoms with Crippen LogP contribution in [0.25, 0.3) is 0 Å². The third-order valence-corrected chi connectivity index (χ3v) is 2.88. The van der Waals surface area contributed by atoms with Crippen molar-refractivity contribution in [3.05, 3.63) is 36.2 Å². The number of carbonyl (C=O) groups is 1. The third-order valence-electron chi connectivity index (χ3n) is 2.88. The van der Waals surface area contributed by atoms with Gasteiger partial charge in [0.15, 0.2) is 0 Å². The fourth-order valence-corrected chi connectivity index (χ4v) is 1.76. The number of hydrogen-bond acceptors (Lipinski definition) is 4. The predicted octanol–water partition coefficient (Wildman–Crippen LogP) is 2.31. The number of nitrogens with two attached hydrogens (primary N) is 1. The number of rotatable bonds is 4. The zero-order valence-corrected chi connectivity index (χ0v) is 11.8. The highest BCUT2D eigenvalue weighted by atomic mass is 16.5. The van der Waals surface area contributed by atoms with Gasteiger partial charge in [-0.1, -0.05) is 0 Å². The Bertz CT molecular complexity index is 619. The number of aromatic nitrogens is 2. The van der Waals surface area contributed by atoms with Crippen molar-refractivity contribution in [2.24, 2.45) is 0 Å². The average Bonchev–Trinajstić information content (AvgIpc) is 2.87. The normalized spacial score (nSPS) is 10.6. The summed E-state index contributed by atoms with van der Waals surface area (Å²) in [5, 5.41) is 6.94. The second-order valence-corrected chi connectivity index (χ2v) is 4.71. The summed E-state index contributed by atoms with van der Waals surface area (Å²) in [6.45, 7) is 4.03. The number of benzene rings is 1. The molecule has 20 heavy (non-hydrogen) atoms. The van der Waals surface area contributed by atoms with Gasteiger partial charge in [0.1, 0.15) is 5.75 Å². The number of anilines is 2. The Kier molecular flexibility index (Phi) is 3.93. The molecule has 0 aliphatic rings. The molecule has 0 atom stereocenters. The van der Waals surface area contributed by atoms with Crippen molar-refractivity contribution in [3.8, 4) is 5.75 Å². The predicted molar refractivity (Wildman–Crippen MR) is 78.0 cm³/mol. The van der Waals surface area contributed by atoms with Gasteiger partial charge in [-0.15, -0.1) is 0 Å². The highest BCUT2D eigenvalue weighted by Crippen LogP contribution is 2.22. The van der Waals surface area contributed by atoms with E-state index in [1.54, 1.807) is 35.3 Å². The van der Waals surface area contributed by atoms with Gasteiger partial charge in [0, 0.05) is 17.8 Å². The second-order valence-electron chi connectivity index (χ2n) is 4.71. The minimum absolute atomic E-state index is 0.234. The van der Waals surface area contributed by atoms with E-state index in [0.717, 1.165) is 0 Å². The second kappa shape index (κ2) is 5.64. The quantitative estimate of drug-likeness (QED) is 0.838. The molecule has 2 aromatic rings. The maximum absolute atomic E-state index is 12.1. The van der Waals surface area contributed by atoms with Gasteiger partial charge in [-0.25, -0.2) is 0 Å².